The number of allylic oxidation sites excluding steroid dienone is 4. The van der Waals surface area contributed by atoms with Gasteiger partial charge >= 0.3 is 6.03 Å². The van der Waals surface area contributed by atoms with E-state index in [1.807, 2.05) is 54.6 Å². The van der Waals surface area contributed by atoms with E-state index in [0.29, 0.717) is 18.0 Å². The molecule has 2 heterocycles. The molecule has 7 heteroatoms. The fourth-order valence-corrected chi connectivity index (χ4v) is 4.74. The summed E-state index contributed by atoms with van der Waals surface area (Å²) in [5, 5.41) is 19.2. The highest BCUT2D eigenvalue weighted by atomic mass is 16.6. The van der Waals surface area contributed by atoms with Crippen LogP contribution in [0.4, 0.5) is 10.5 Å². The Morgan fingerprint density at radius 2 is 1.91 bits per heavy atom. The van der Waals surface area contributed by atoms with Crippen LogP contribution < -0.4 is 10.6 Å². The lowest BCUT2D eigenvalue weighted by atomic mass is 10.0. The van der Waals surface area contributed by atoms with Crippen molar-refractivity contribution < 1.29 is 19.4 Å². The monoisotopic (exact) mass is 473 g/mol. The molecule has 3 N–H and O–H groups in total. The Morgan fingerprint density at radius 1 is 1.09 bits per heavy atom. The maximum Gasteiger partial charge on any atom is 0.319 e. The summed E-state index contributed by atoms with van der Waals surface area (Å²) >= 11 is 0. The lowest BCUT2D eigenvalue weighted by Gasteiger charge is -2.30. The highest BCUT2D eigenvalue weighted by molar-refractivity contribution is 6.01. The summed E-state index contributed by atoms with van der Waals surface area (Å²) in [6, 6.07) is 12.7. The molecule has 3 aliphatic rings. The molecule has 1 fully saturated rings. The van der Waals surface area contributed by atoms with Crippen molar-refractivity contribution in [3.63, 3.8) is 0 Å². The van der Waals surface area contributed by atoms with Crippen LogP contribution in [0.3, 0.4) is 0 Å². The molecule has 0 spiro atoms. The van der Waals surface area contributed by atoms with Crippen molar-refractivity contribution in [2.45, 2.75) is 37.8 Å². The van der Waals surface area contributed by atoms with E-state index in [0.717, 1.165) is 55.1 Å². The highest BCUT2D eigenvalue weighted by Gasteiger charge is 2.31. The van der Waals surface area contributed by atoms with Gasteiger partial charge in [-0.3, -0.25) is 0 Å². The fraction of sp³-hybridized carbons (Fsp3) is 0.321. The third-order valence-electron chi connectivity index (χ3n) is 6.60. The number of aliphatic hydroxyl groups excluding tert-OH is 1. The average molecular weight is 474 g/mol. The lowest BCUT2D eigenvalue weighted by molar-refractivity contribution is 0.0750. The molecule has 2 aliphatic heterocycles. The predicted octanol–water partition coefficient (Wildman–Crippen LogP) is 4.79. The third kappa shape index (κ3) is 5.58. The Bertz CT molecular complexity index is 1190. The van der Waals surface area contributed by atoms with Gasteiger partial charge < -0.3 is 30.1 Å². The van der Waals surface area contributed by atoms with E-state index < -0.39 is 12.1 Å². The molecule has 35 heavy (non-hydrogen) atoms. The van der Waals surface area contributed by atoms with E-state index in [9.17, 15) is 9.90 Å². The number of urea groups is 1. The van der Waals surface area contributed by atoms with Crippen LogP contribution in [0.2, 0.25) is 0 Å². The first-order valence-corrected chi connectivity index (χ1v) is 12.2. The van der Waals surface area contributed by atoms with Gasteiger partial charge in [0.05, 0.1) is 11.7 Å². The van der Waals surface area contributed by atoms with Gasteiger partial charge in [0.15, 0.2) is 11.5 Å². The van der Waals surface area contributed by atoms with Crippen LogP contribution in [-0.2, 0) is 9.47 Å². The van der Waals surface area contributed by atoms with E-state index in [2.05, 4.69) is 21.6 Å². The number of amides is 2. The Morgan fingerprint density at radius 3 is 2.74 bits per heavy atom. The van der Waals surface area contributed by atoms with Crippen molar-refractivity contribution >= 4 is 22.5 Å². The largest absolute Gasteiger partial charge is 0.465 e. The maximum absolute atomic E-state index is 13.1. The molecule has 0 unspecified atom stereocenters. The van der Waals surface area contributed by atoms with Gasteiger partial charge in [-0.05, 0) is 55.8 Å². The molecule has 0 saturated carbocycles. The first-order chi connectivity index (χ1) is 17.2. The number of likely N-dealkylation sites (tertiary alicyclic amines) is 1. The number of carbonyl (C=O) groups is 1. The molecule has 2 atom stereocenters. The first-order valence-electron chi connectivity index (χ1n) is 12.2. The van der Waals surface area contributed by atoms with E-state index >= 15 is 0 Å². The molecule has 1 saturated heterocycles. The molecule has 5 rings (SSSR count). The number of anilines is 1. The number of aliphatic hydroxyl groups is 1. The van der Waals surface area contributed by atoms with Crippen LogP contribution in [0.1, 0.15) is 25.7 Å². The van der Waals surface area contributed by atoms with E-state index in [-0.39, 0.29) is 11.8 Å². The summed E-state index contributed by atoms with van der Waals surface area (Å²) in [5.41, 5.74) is 1.73. The van der Waals surface area contributed by atoms with E-state index in [1.54, 1.807) is 6.26 Å². The van der Waals surface area contributed by atoms with Crippen molar-refractivity contribution in [1.29, 1.82) is 0 Å². The summed E-state index contributed by atoms with van der Waals surface area (Å²) in [4.78, 5) is 15.3. The van der Waals surface area contributed by atoms with Crippen molar-refractivity contribution in [1.82, 2.24) is 10.2 Å². The van der Waals surface area contributed by atoms with Crippen molar-refractivity contribution in [2.24, 2.45) is 0 Å². The Labute approximate surface area is 205 Å². The standard InChI is InChI=1S/C28H31N3O4/c32-27(26-19-34-18-25(35-26)21-10-2-1-3-11-21)24(17-31-15-6-7-16-31)30-28(33)29-23-14-8-12-20-9-4-5-13-22(20)23/h1-2,4-5,8-10,12-14,18-19,24,27,32H,3,6-7,11,15-17H2,(H2,29,30,33)/t24-,27-/m1/s1. The van der Waals surface area contributed by atoms with Crippen molar-refractivity contribution in [3.8, 4) is 0 Å². The van der Waals surface area contributed by atoms with Gasteiger partial charge in [-0.1, -0.05) is 54.6 Å². The number of fused-ring (bicyclic) bond motifs is 1. The first kappa shape index (κ1) is 23.2. The second-order valence-corrected chi connectivity index (χ2v) is 9.08. The fourth-order valence-electron chi connectivity index (χ4n) is 4.74. The molecule has 2 aromatic carbocycles. The molecule has 1 aliphatic carbocycles. The normalized spacial score (nSPS) is 19.6. The summed E-state index contributed by atoms with van der Waals surface area (Å²) in [5.74, 6) is 0.874. The molecular weight excluding hydrogens is 442 g/mol. The molecule has 2 aromatic rings. The molecule has 7 nitrogen and oxygen atoms in total. The number of carbonyl (C=O) groups excluding carboxylic acids is 1. The highest BCUT2D eigenvalue weighted by Crippen LogP contribution is 2.28. The average Bonchev–Trinajstić information content (AvgIpc) is 3.42. The second-order valence-electron chi connectivity index (χ2n) is 9.08. The number of ether oxygens (including phenoxy) is 2. The lowest BCUT2D eigenvalue weighted by Crippen LogP contribution is -2.52. The number of rotatable bonds is 7. The molecule has 182 valence electrons. The number of hydrogen-bond acceptors (Lipinski definition) is 5. The predicted molar refractivity (Wildman–Crippen MR) is 136 cm³/mol. The van der Waals surface area contributed by atoms with Gasteiger partial charge in [0, 0.05) is 11.9 Å². The van der Waals surface area contributed by atoms with Crippen LogP contribution >= 0.6 is 0 Å². The molecule has 0 radical (unpaired) electrons. The Balaban J connectivity index is 1.30. The Kier molecular flexibility index (Phi) is 7.16. The zero-order valence-corrected chi connectivity index (χ0v) is 19.7. The minimum absolute atomic E-state index is 0.285. The zero-order valence-electron chi connectivity index (χ0n) is 19.7. The quantitative estimate of drug-likeness (QED) is 0.539. The molecule has 0 bridgehead atoms. The van der Waals surface area contributed by atoms with E-state index in [1.165, 1.54) is 6.26 Å². The van der Waals surface area contributed by atoms with Gasteiger partial charge in [-0.15, -0.1) is 0 Å². The number of hydrogen-bond donors (Lipinski definition) is 3. The minimum Gasteiger partial charge on any atom is -0.465 e. The number of nitrogens with zero attached hydrogens (tertiary/aromatic N) is 1. The van der Waals surface area contributed by atoms with Crippen LogP contribution in [0.5, 0.6) is 0 Å². The smallest absolute Gasteiger partial charge is 0.319 e. The second kappa shape index (κ2) is 10.8. The van der Waals surface area contributed by atoms with Crippen LogP contribution in [-0.4, -0.2) is 47.8 Å². The number of benzene rings is 2. The molecule has 2 amide bonds. The number of nitrogens with one attached hydrogen (secondary N) is 2. The zero-order chi connectivity index (χ0) is 24.0. The molecular formula is C28H31N3O4. The van der Waals surface area contributed by atoms with Gasteiger partial charge in [0.2, 0.25) is 0 Å². The van der Waals surface area contributed by atoms with Crippen LogP contribution in [0.25, 0.3) is 10.8 Å². The van der Waals surface area contributed by atoms with Gasteiger partial charge in [0.25, 0.3) is 0 Å². The summed E-state index contributed by atoms with van der Waals surface area (Å²) in [6.07, 6.45) is 12.0. The van der Waals surface area contributed by atoms with Crippen LogP contribution in [0, 0.1) is 0 Å². The van der Waals surface area contributed by atoms with Gasteiger partial charge in [-0.2, -0.15) is 0 Å². The topological polar surface area (TPSA) is 83.1 Å². The van der Waals surface area contributed by atoms with Gasteiger partial charge in [0.1, 0.15) is 18.6 Å². The van der Waals surface area contributed by atoms with Crippen molar-refractivity contribution in [2.75, 3.05) is 25.0 Å². The van der Waals surface area contributed by atoms with Gasteiger partial charge in [-0.25, -0.2) is 4.79 Å². The maximum atomic E-state index is 13.1. The molecule has 0 aromatic heterocycles. The van der Waals surface area contributed by atoms with Crippen molar-refractivity contribution in [3.05, 3.63) is 90.3 Å². The SMILES string of the molecule is O=C(Nc1cccc2ccccc12)N[C@H](CN1CCCC1)[C@@H](O)C1=COC=C(C2=CC=CCC2)O1. The van der Waals surface area contributed by atoms with Crippen LogP contribution in [0.15, 0.2) is 90.3 Å². The summed E-state index contributed by atoms with van der Waals surface area (Å²) < 4.78 is 11.6. The summed E-state index contributed by atoms with van der Waals surface area (Å²) in [6.45, 7) is 2.39. The Hall–Kier alpha value is -3.55. The summed E-state index contributed by atoms with van der Waals surface area (Å²) in [7, 11) is 0. The third-order valence-corrected chi connectivity index (χ3v) is 6.60. The van der Waals surface area contributed by atoms with E-state index in [4.69, 9.17) is 9.47 Å². The minimum atomic E-state index is -1.07.